The van der Waals surface area contributed by atoms with Crippen molar-refractivity contribution in [3.63, 3.8) is 0 Å². The topological polar surface area (TPSA) is 63.4 Å². The summed E-state index contributed by atoms with van der Waals surface area (Å²) in [6, 6.07) is 0. The van der Waals surface area contributed by atoms with Crippen LogP contribution in [0.4, 0.5) is 0 Å². The van der Waals surface area contributed by atoms with Crippen molar-refractivity contribution >= 4 is 9.84 Å². The summed E-state index contributed by atoms with van der Waals surface area (Å²) in [5, 5.41) is 1.65. The Morgan fingerprint density at radius 2 is 1.38 bits per heavy atom. The van der Waals surface area contributed by atoms with Crippen molar-refractivity contribution in [3.05, 3.63) is 0 Å². The molecule has 0 saturated carbocycles. The van der Waals surface area contributed by atoms with Gasteiger partial charge in [-0.25, -0.2) is 13.4 Å². The Kier molecular flexibility index (Phi) is 2.26. The van der Waals surface area contributed by atoms with Crippen LogP contribution in [0.25, 0.3) is 0 Å². The maximum absolute atomic E-state index is 11.5. The summed E-state index contributed by atoms with van der Waals surface area (Å²) in [7, 11) is -2.95. The molecular formula is C8H18N2O2S. The van der Waals surface area contributed by atoms with Crippen molar-refractivity contribution in [2.24, 2.45) is 5.84 Å². The monoisotopic (exact) mass is 206 g/mol. The first-order valence-corrected chi connectivity index (χ1v) is 6.14. The van der Waals surface area contributed by atoms with Gasteiger partial charge in [-0.2, -0.15) is 0 Å². The van der Waals surface area contributed by atoms with Crippen LogP contribution < -0.4 is 5.84 Å². The minimum atomic E-state index is -2.95. The molecule has 0 spiro atoms. The summed E-state index contributed by atoms with van der Waals surface area (Å²) in [4.78, 5) is 0. The second-order valence-electron chi connectivity index (χ2n) is 5.03. The van der Waals surface area contributed by atoms with Crippen molar-refractivity contribution in [2.75, 3.05) is 11.5 Å². The Hall–Kier alpha value is -0.130. The molecule has 0 unspecified atom stereocenters. The third kappa shape index (κ3) is 2.03. The highest BCUT2D eigenvalue weighted by Crippen LogP contribution is 2.30. The number of hydrazine groups is 1. The van der Waals surface area contributed by atoms with Crippen LogP contribution in [0.5, 0.6) is 0 Å². The first-order chi connectivity index (χ1) is 5.57. The summed E-state index contributed by atoms with van der Waals surface area (Å²) < 4.78 is 23.1. The van der Waals surface area contributed by atoms with Gasteiger partial charge in [-0.15, -0.1) is 0 Å². The molecular weight excluding hydrogens is 188 g/mol. The normalized spacial score (nSPS) is 31.5. The lowest BCUT2D eigenvalue weighted by molar-refractivity contribution is 0.0331. The summed E-state index contributed by atoms with van der Waals surface area (Å²) in [6.45, 7) is 7.41. The maximum atomic E-state index is 11.5. The maximum Gasteiger partial charge on any atom is 0.154 e. The molecule has 0 aromatic carbocycles. The van der Waals surface area contributed by atoms with E-state index in [9.17, 15) is 8.42 Å². The molecule has 4 nitrogen and oxygen atoms in total. The van der Waals surface area contributed by atoms with E-state index in [2.05, 4.69) is 0 Å². The lowest BCUT2D eigenvalue weighted by Gasteiger charge is -2.49. The van der Waals surface area contributed by atoms with Gasteiger partial charge in [0.05, 0.1) is 11.5 Å². The Balaban J connectivity index is 3.10. The molecule has 1 fully saturated rings. The fourth-order valence-electron chi connectivity index (χ4n) is 2.09. The molecule has 0 amide bonds. The van der Waals surface area contributed by atoms with Crippen LogP contribution in [0.1, 0.15) is 27.7 Å². The van der Waals surface area contributed by atoms with Gasteiger partial charge in [-0.05, 0) is 27.7 Å². The number of hydrogen-bond donors (Lipinski definition) is 1. The van der Waals surface area contributed by atoms with Crippen LogP contribution in [0, 0.1) is 0 Å². The number of nitrogens with two attached hydrogens (primary N) is 1. The molecule has 0 aliphatic carbocycles. The summed E-state index contributed by atoms with van der Waals surface area (Å²) >= 11 is 0. The minimum absolute atomic E-state index is 0.139. The molecule has 5 heteroatoms. The third-order valence-corrected chi connectivity index (χ3v) is 4.74. The lowest BCUT2D eigenvalue weighted by atomic mass is 9.98. The highest BCUT2D eigenvalue weighted by molar-refractivity contribution is 7.91. The molecule has 0 aromatic rings. The van der Waals surface area contributed by atoms with E-state index in [1.165, 1.54) is 0 Å². The Labute approximate surface area is 80.0 Å². The van der Waals surface area contributed by atoms with Gasteiger partial charge in [0.2, 0.25) is 0 Å². The molecule has 78 valence electrons. The van der Waals surface area contributed by atoms with E-state index >= 15 is 0 Å². The zero-order valence-electron chi connectivity index (χ0n) is 8.66. The molecule has 0 radical (unpaired) electrons. The Morgan fingerprint density at radius 3 is 1.69 bits per heavy atom. The number of nitrogens with zero attached hydrogens (tertiary/aromatic N) is 1. The standard InChI is InChI=1S/C8H18N2O2S/c1-7(2)5-13(11,12)6-8(3,4)10(7)9/h5-6,9H2,1-4H3. The van der Waals surface area contributed by atoms with Crippen LogP contribution >= 0.6 is 0 Å². The number of rotatable bonds is 0. The van der Waals surface area contributed by atoms with Gasteiger partial charge < -0.3 is 0 Å². The third-order valence-electron chi connectivity index (χ3n) is 2.45. The lowest BCUT2D eigenvalue weighted by Crippen LogP contribution is -2.68. The van der Waals surface area contributed by atoms with Crippen LogP contribution in [-0.2, 0) is 9.84 Å². The molecule has 0 aromatic heterocycles. The minimum Gasteiger partial charge on any atom is -0.268 e. The second kappa shape index (κ2) is 2.68. The van der Waals surface area contributed by atoms with Crippen molar-refractivity contribution in [1.82, 2.24) is 5.01 Å². The molecule has 13 heavy (non-hydrogen) atoms. The molecule has 2 N–H and O–H groups in total. The summed E-state index contributed by atoms with van der Waals surface area (Å²) in [5.41, 5.74) is -0.943. The van der Waals surface area contributed by atoms with Gasteiger partial charge in [0, 0.05) is 11.1 Å². The van der Waals surface area contributed by atoms with Gasteiger partial charge in [-0.3, -0.25) is 5.84 Å². The molecule has 0 atom stereocenters. The predicted molar refractivity (Wildman–Crippen MR) is 52.8 cm³/mol. The van der Waals surface area contributed by atoms with Gasteiger partial charge >= 0.3 is 0 Å². The first-order valence-electron chi connectivity index (χ1n) is 4.32. The van der Waals surface area contributed by atoms with Crippen LogP contribution in [0.3, 0.4) is 0 Å². The van der Waals surface area contributed by atoms with Crippen molar-refractivity contribution < 1.29 is 8.42 Å². The van der Waals surface area contributed by atoms with Crippen LogP contribution in [0.2, 0.25) is 0 Å². The molecule has 1 aliphatic rings. The van der Waals surface area contributed by atoms with Crippen molar-refractivity contribution in [2.45, 2.75) is 38.8 Å². The van der Waals surface area contributed by atoms with Gasteiger partial charge in [0.15, 0.2) is 9.84 Å². The van der Waals surface area contributed by atoms with Gasteiger partial charge in [0.25, 0.3) is 0 Å². The molecule has 1 saturated heterocycles. The highest BCUT2D eigenvalue weighted by atomic mass is 32.2. The van der Waals surface area contributed by atoms with E-state index in [0.717, 1.165) is 0 Å². The predicted octanol–water partition coefficient (Wildman–Crippen LogP) is 0.148. The summed E-state index contributed by atoms with van der Waals surface area (Å²) in [5.74, 6) is 6.16. The zero-order valence-corrected chi connectivity index (χ0v) is 9.48. The average Bonchev–Trinajstić information content (AvgIpc) is 1.77. The average molecular weight is 206 g/mol. The highest BCUT2D eigenvalue weighted by Gasteiger charge is 2.46. The molecule has 0 bridgehead atoms. The molecule has 1 heterocycles. The Bertz CT molecular complexity index is 282. The Morgan fingerprint density at radius 1 is 1.08 bits per heavy atom. The van der Waals surface area contributed by atoms with E-state index in [0.29, 0.717) is 0 Å². The van der Waals surface area contributed by atoms with Crippen molar-refractivity contribution in [1.29, 1.82) is 0 Å². The van der Waals surface area contributed by atoms with Crippen LogP contribution in [0.15, 0.2) is 0 Å². The fourth-order valence-corrected chi connectivity index (χ4v) is 4.62. The van der Waals surface area contributed by atoms with Crippen LogP contribution in [-0.4, -0.2) is 36.0 Å². The van der Waals surface area contributed by atoms with E-state index in [-0.39, 0.29) is 11.5 Å². The smallest absolute Gasteiger partial charge is 0.154 e. The second-order valence-corrected chi connectivity index (χ2v) is 7.09. The number of sulfone groups is 1. The van der Waals surface area contributed by atoms with E-state index < -0.39 is 20.9 Å². The largest absolute Gasteiger partial charge is 0.268 e. The molecule has 1 aliphatic heterocycles. The summed E-state index contributed by atoms with van der Waals surface area (Å²) in [6.07, 6.45) is 0. The SMILES string of the molecule is CC1(C)CS(=O)(=O)CC(C)(C)N1N. The van der Waals surface area contributed by atoms with E-state index in [4.69, 9.17) is 5.84 Å². The quantitative estimate of drug-likeness (QED) is 0.573. The fraction of sp³-hybridized carbons (Fsp3) is 1.00. The van der Waals surface area contributed by atoms with Gasteiger partial charge in [0.1, 0.15) is 0 Å². The van der Waals surface area contributed by atoms with Gasteiger partial charge in [-0.1, -0.05) is 0 Å². The number of hydrogen-bond acceptors (Lipinski definition) is 4. The van der Waals surface area contributed by atoms with E-state index in [1.807, 2.05) is 27.7 Å². The van der Waals surface area contributed by atoms with Crippen molar-refractivity contribution in [3.8, 4) is 0 Å². The first kappa shape index (κ1) is 10.9. The van der Waals surface area contributed by atoms with E-state index in [1.54, 1.807) is 5.01 Å². The molecule has 1 rings (SSSR count). The zero-order chi connectivity index (χ0) is 10.5.